The zero-order chi connectivity index (χ0) is 14.5. The summed E-state index contributed by atoms with van der Waals surface area (Å²) >= 11 is 0.891. The summed E-state index contributed by atoms with van der Waals surface area (Å²) in [6, 6.07) is 7.35. The third-order valence-electron chi connectivity index (χ3n) is 2.63. The molecule has 1 aliphatic heterocycles. The molecule has 0 aliphatic carbocycles. The number of imide groups is 1. The molecule has 0 N–H and O–H groups in total. The van der Waals surface area contributed by atoms with Gasteiger partial charge in [-0.15, -0.1) is 6.42 Å². The average molecular weight is 287 g/mol. The van der Waals surface area contributed by atoms with E-state index in [0.717, 1.165) is 22.2 Å². The number of carbonyl (C=O) groups excluding carboxylic acids is 2. The van der Waals surface area contributed by atoms with Gasteiger partial charge in [0.05, 0.1) is 18.1 Å². The molecule has 1 aromatic carbocycles. The molecule has 102 valence electrons. The molecule has 1 aliphatic rings. The Morgan fingerprint density at radius 3 is 2.85 bits per heavy atom. The first-order chi connectivity index (χ1) is 9.67. The Kier molecular flexibility index (Phi) is 4.49. The number of thioether (sulfide) groups is 1. The lowest BCUT2D eigenvalue weighted by atomic mass is 10.2. The minimum atomic E-state index is -0.357. The molecular formula is C15H13NO3S. The normalized spacial score (nSPS) is 16.6. The molecular weight excluding hydrogens is 274 g/mol. The molecule has 1 aromatic rings. The summed E-state index contributed by atoms with van der Waals surface area (Å²) in [6.45, 7) is 2.41. The van der Waals surface area contributed by atoms with Gasteiger partial charge in [-0.3, -0.25) is 14.5 Å². The number of benzene rings is 1. The fraction of sp³-hybridized carbons (Fsp3) is 0.200. The fourth-order valence-corrected chi connectivity index (χ4v) is 2.58. The van der Waals surface area contributed by atoms with Gasteiger partial charge in [0.15, 0.2) is 0 Å². The molecule has 0 atom stereocenters. The van der Waals surface area contributed by atoms with Gasteiger partial charge < -0.3 is 4.74 Å². The Balaban J connectivity index is 2.31. The number of hydrogen-bond acceptors (Lipinski definition) is 4. The van der Waals surface area contributed by atoms with Crippen LogP contribution in [0.15, 0.2) is 29.2 Å². The molecule has 2 rings (SSSR count). The standard InChI is InChI=1S/C15H13NO3S/c1-3-9-16-14(17)13(20-15(16)18)10-11-7-5-6-8-12(11)19-4-2/h1,5-8,10H,4,9H2,2H3/b13-10-. The van der Waals surface area contributed by atoms with Gasteiger partial charge in [-0.05, 0) is 30.8 Å². The van der Waals surface area contributed by atoms with Crippen LogP contribution in [0.2, 0.25) is 0 Å². The summed E-state index contributed by atoms with van der Waals surface area (Å²) in [4.78, 5) is 25.2. The molecule has 20 heavy (non-hydrogen) atoms. The zero-order valence-electron chi connectivity index (χ0n) is 11.0. The summed E-state index contributed by atoms with van der Waals surface area (Å²) in [5.41, 5.74) is 0.764. The fourth-order valence-electron chi connectivity index (χ4n) is 1.76. The number of hydrogen-bond donors (Lipinski definition) is 0. The first-order valence-corrected chi connectivity index (χ1v) is 6.89. The highest BCUT2D eigenvalue weighted by molar-refractivity contribution is 8.18. The second kappa shape index (κ2) is 6.31. The monoisotopic (exact) mass is 287 g/mol. The van der Waals surface area contributed by atoms with Crippen LogP contribution in [0.1, 0.15) is 12.5 Å². The number of rotatable bonds is 4. The molecule has 0 radical (unpaired) electrons. The maximum Gasteiger partial charge on any atom is 0.294 e. The topological polar surface area (TPSA) is 46.6 Å². The second-order valence-corrected chi connectivity index (χ2v) is 4.94. The average Bonchev–Trinajstić information content (AvgIpc) is 2.69. The maximum atomic E-state index is 12.1. The Labute approximate surface area is 121 Å². The molecule has 1 fully saturated rings. The Hall–Kier alpha value is -2.19. The third-order valence-corrected chi connectivity index (χ3v) is 3.54. The van der Waals surface area contributed by atoms with Crippen molar-refractivity contribution in [1.29, 1.82) is 0 Å². The Bertz CT molecular complexity index is 616. The minimum absolute atomic E-state index is 0.00485. The van der Waals surface area contributed by atoms with E-state index in [-0.39, 0.29) is 17.7 Å². The van der Waals surface area contributed by atoms with Crippen molar-refractivity contribution >= 4 is 29.0 Å². The number of para-hydroxylation sites is 1. The van der Waals surface area contributed by atoms with Gasteiger partial charge >= 0.3 is 0 Å². The van der Waals surface area contributed by atoms with E-state index in [2.05, 4.69) is 5.92 Å². The number of amides is 2. The summed E-state index contributed by atoms with van der Waals surface area (Å²) < 4.78 is 5.49. The van der Waals surface area contributed by atoms with Crippen molar-refractivity contribution in [2.24, 2.45) is 0 Å². The molecule has 5 heteroatoms. The maximum absolute atomic E-state index is 12.1. The van der Waals surface area contributed by atoms with Crippen LogP contribution in [0.4, 0.5) is 4.79 Å². The van der Waals surface area contributed by atoms with Crippen molar-refractivity contribution in [1.82, 2.24) is 4.90 Å². The SMILES string of the molecule is C#CCN1C(=O)S/C(=C\c2ccccc2OCC)C1=O. The summed E-state index contributed by atoms with van der Waals surface area (Å²) in [7, 11) is 0. The van der Waals surface area contributed by atoms with Gasteiger partial charge in [-0.2, -0.15) is 0 Å². The number of terminal acetylenes is 1. The van der Waals surface area contributed by atoms with Crippen molar-refractivity contribution < 1.29 is 14.3 Å². The molecule has 0 spiro atoms. The Morgan fingerprint density at radius 1 is 1.40 bits per heavy atom. The van der Waals surface area contributed by atoms with Crippen LogP contribution >= 0.6 is 11.8 Å². The number of carbonyl (C=O) groups is 2. The molecule has 0 bridgehead atoms. The van der Waals surface area contributed by atoms with E-state index in [0.29, 0.717) is 17.3 Å². The van der Waals surface area contributed by atoms with E-state index < -0.39 is 0 Å². The molecule has 4 nitrogen and oxygen atoms in total. The molecule has 2 amide bonds. The van der Waals surface area contributed by atoms with Crippen molar-refractivity contribution in [3.63, 3.8) is 0 Å². The molecule has 0 unspecified atom stereocenters. The van der Waals surface area contributed by atoms with Crippen molar-refractivity contribution in [3.8, 4) is 18.1 Å². The quantitative estimate of drug-likeness (QED) is 0.631. The van der Waals surface area contributed by atoms with E-state index in [1.165, 1.54) is 0 Å². The molecule has 1 saturated heterocycles. The lowest BCUT2D eigenvalue weighted by molar-refractivity contribution is -0.122. The van der Waals surface area contributed by atoms with Crippen molar-refractivity contribution in [2.45, 2.75) is 6.92 Å². The third kappa shape index (κ3) is 2.86. The smallest absolute Gasteiger partial charge is 0.294 e. The van der Waals surface area contributed by atoms with Crippen LogP contribution in [-0.2, 0) is 4.79 Å². The van der Waals surface area contributed by atoms with Gasteiger partial charge in [0.1, 0.15) is 5.75 Å². The summed E-state index contributed by atoms with van der Waals surface area (Å²) in [5.74, 6) is 2.63. The van der Waals surface area contributed by atoms with E-state index in [4.69, 9.17) is 11.2 Å². The number of nitrogens with zero attached hydrogens (tertiary/aromatic N) is 1. The van der Waals surface area contributed by atoms with Crippen LogP contribution in [0.25, 0.3) is 6.08 Å². The van der Waals surface area contributed by atoms with Crippen LogP contribution in [0, 0.1) is 12.3 Å². The summed E-state index contributed by atoms with van der Waals surface area (Å²) in [5, 5.41) is -0.340. The number of ether oxygens (including phenoxy) is 1. The second-order valence-electron chi connectivity index (χ2n) is 3.94. The highest BCUT2D eigenvalue weighted by Gasteiger charge is 2.34. The zero-order valence-corrected chi connectivity index (χ0v) is 11.8. The summed E-state index contributed by atoms with van der Waals surface area (Å²) in [6.07, 6.45) is 6.81. The van der Waals surface area contributed by atoms with E-state index in [1.54, 1.807) is 6.08 Å². The highest BCUT2D eigenvalue weighted by Crippen LogP contribution is 2.33. The van der Waals surface area contributed by atoms with Crippen LogP contribution < -0.4 is 4.74 Å². The van der Waals surface area contributed by atoms with Crippen LogP contribution in [0.3, 0.4) is 0 Å². The van der Waals surface area contributed by atoms with Crippen molar-refractivity contribution in [2.75, 3.05) is 13.2 Å². The van der Waals surface area contributed by atoms with Crippen molar-refractivity contribution in [3.05, 3.63) is 34.7 Å². The van der Waals surface area contributed by atoms with Gasteiger partial charge in [0.2, 0.25) is 0 Å². The molecule has 1 heterocycles. The molecule has 0 aromatic heterocycles. The first kappa shape index (κ1) is 14.2. The lowest BCUT2D eigenvalue weighted by Crippen LogP contribution is -2.28. The van der Waals surface area contributed by atoms with Gasteiger partial charge in [0, 0.05) is 5.56 Å². The van der Waals surface area contributed by atoms with E-state index in [9.17, 15) is 9.59 Å². The first-order valence-electron chi connectivity index (χ1n) is 6.08. The van der Waals surface area contributed by atoms with Crippen LogP contribution in [0.5, 0.6) is 5.75 Å². The van der Waals surface area contributed by atoms with Crippen LogP contribution in [-0.4, -0.2) is 29.2 Å². The predicted octanol–water partition coefficient (Wildman–Crippen LogP) is 2.75. The van der Waals surface area contributed by atoms with Gasteiger partial charge in [-0.1, -0.05) is 24.1 Å². The van der Waals surface area contributed by atoms with Gasteiger partial charge in [-0.25, -0.2) is 0 Å². The largest absolute Gasteiger partial charge is 0.493 e. The van der Waals surface area contributed by atoms with E-state index >= 15 is 0 Å². The van der Waals surface area contributed by atoms with Gasteiger partial charge in [0.25, 0.3) is 11.1 Å². The van der Waals surface area contributed by atoms with E-state index in [1.807, 2.05) is 31.2 Å². The minimum Gasteiger partial charge on any atom is -0.493 e. The lowest BCUT2D eigenvalue weighted by Gasteiger charge is -2.08. The Morgan fingerprint density at radius 2 is 2.15 bits per heavy atom. The predicted molar refractivity (Wildman–Crippen MR) is 79.1 cm³/mol. The molecule has 0 saturated carbocycles. The highest BCUT2D eigenvalue weighted by atomic mass is 32.2.